The summed E-state index contributed by atoms with van der Waals surface area (Å²) < 4.78 is 0. The number of hydrogen-bond donors (Lipinski definition) is 2. The Bertz CT molecular complexity index is 573. The molecule has 1 aromatic rings. The minimum absolute atomic E-state index is 0.264. The SMILES string of the molecule is CCCN(C/C(NC)=C(/N)C#N)[C@H]1CCCc2cccnc21. The van der Waals surface area contributed by atoms with Crippen LogP contribution in [-0.2, 0) is 6.42 Å². The van der Waals surface area contributed by atoms with Crippen molar-refractivity contribution < 1.29 is 0 Å². The van der Waals surface area contributed by atoms with Gasteiger partial charge in [-0.05, 0) is 43.9 Å². The van der Waals surface area contributed by atoms with Gasteiger partial charge in [-0.3, -0.25) is 9.88 Å². The zero-order chi connectivity index (χ0) is 15.9. The zero-order valence-electron chi connectivity index (χ0n) is 13.5. The van der Waals surface area contributed by atoms with Gasteiger partial charge < -0.3 is 11.1 Å². The van der Waals surface area contributed by atoms with E-state index in [-0.39, 0.29) is 5.70 Å². The summed E-state index contributed by atoms with van der Waals surface area (Å²) in [5.41, 5.74) is 9.40. The Morgan fingerprint density at radius 1 is 1.59 bits per heavy atom. The molecule has 0 radical (unpaired) electrons. The summed E-state index contributed by atoms with van der Waals surface area (Å²) in [7, 11) is 1.82. The molecule has 5 heteroatoms. The highest BCUT2D eigenvalue weighted by atomic mass is 15.2. The molecule has 0 aromatic carbocycles. The molecule has 0 aliphatic heterocycles. The zero-order valence-corrected chi connectivity index (χ0v) is 13.5. The molecule has 0 saturated carbocycles. The molecule has 0 spiro atoms. The van der Waals surface area contributed by atoms with Gasteiger partial charge in [0.1, 0.15) is 11.8 Å². The summed E-state index contributed by atoms with van der Waals surface area (Å²) in [6.45, 7) is 3.79. The molecule has 3 N–H and O–H groups in total. The van der Waals surface area contributed by atoms with Crippen LogP contribution in [0.5, 0.6) is 0 Å². The Kier molecular flexibility index (Phi) is 5.79. The molecule has 0 bridgehead atoms. The normalized spacial score (nSPS) is 18.4. The first-order valence-electron chi connectivity index (χ1n) is 7.95. The Morgan fingerprint density at radius 2 is 2.41 bits per heavy atom. The third-order valence-corrected chi connectivity index (χ3v) is 4.23. The fourth-order valence-corrected chi connectivity index (χ4v) is 3.14. The quantitative estimate of drug-likeness (QED) is 0.786. The van der Waals surface area contributed by atoms with Gasteiger partial charge >= 0.3 is 0 Å². The van der Waals surface area contributed by atoms with Gasteiger partial charge in [-0.1, -0.05) is 13.0 Å². The van der Waals surface area contributed by atoms with Crippen LogP contribution >= 0.6 is 0 Å². The van der Waals surface area contributed by atoms with Gasteiger partial charge in [0.2, 0.25) is 0 Å². The van der Waals surface area contributed by atoms with E-state index in [2.05, 4.69) is 28.2 Å². The minimum Gasteiger partial charge on any atom is -0.389 e. The summed E-state index contributed by atoms with van der Waals surface area (Å²) in [5.74, 6) is 0. The lowest BCUT2D eigenvalue weighted by Gasteiger charge is -2.35. The van der Waals surface area contributed by atoms with Crippen LogP contribution in [0.2, 0.25) is 0 Å². The van der Waals surface area contributed by atoms with Gasteiger partial charge in [0.05, 0.1) is 17.4 Å². The van der Waals surface area contributed by atoms with Crippen molar-refractivity contribution in [3.8, 4) is 6.07 Å². The second-order valence-corrected chi connectivity index (χ2v) is 5.68. The smallest absolute Gasteiger partial charge is 0.131 e. The van der Waals surface area contributed by atoms with Crippen molar-refractivity contribution in [3.05, 3.63) is 41.0 Å². The number of pyridine rings is 1. The molecule has 5 nitrogen and oxygen atoms in total. The fourth-order valence-electron chi connectivity index (χ4n) is 3.14. The average Bonchev–Trinajstić information content (AvgIpc) is 2.57. The van der Waals surface area contributed by atoms with Crippen LogP contribution in [0.1, 0.15) is 43.5 Å². The van der Waals surface area contributed by atoms with Crippen LogP contribution in [0.15, 0.2) is 29.7 Å². The maximum atomic E-state index is 9.04. The molecule has 1 heterocycles. The standard InChI is InChI=1S/C17H25N5/c1-3-10-22(12-15(20-2)14(19)11-18)16-8-4-6-13-7-5-9-21-17(13)16/h5,7,9,16,20H,3-4,6,8,10,12,19H2,1-2H3/b15-14-/t16-/m0/s1. The third kappa shape index (κ3) is 3.58. The number of nitrogens with zero attached hydrogens (tertiary/aromatic N) is 3. The summed E-state index contributed by atoms with van der Waals surface area (Å²) in [4.78, 5) is 7.02. The Hall–Kier alpha value is -2.06. The van der Waals surface area contributed by atoms with Crippen molar-refractivity contribution in [1.82, 2.24) is 15.2 Å². The summed E-state index contributed by atoms with van der Waals surface area (Å²) in [6, 6.07) is 6.53. The molecule has 0 amide bonds. The van der Waals surface area contributed by atoms with Crippen molar-refractivity contribution in [2.75, 3.05) is 20.1 Å². The maximum Gasteiger partial charge on any atom is 0.131 e. The second-order valence-electron chi connectivity index (χ2n) is 5.68. The Labute approximate surface area is 132 Å². The van der Waals surface area contributed by atoms with Crippen molar-refractivity contribution in [2.24, 2.45) is 5.73 Å². The lowest BCUT2D eigenvalue weighted by Crippen LogP contribution is -2.37. The van der Waals surface area contributed by atoms with E-state index in [0.717, 1.165) is 31.5 Å². The van der Waals surface area contributed by atoms with E-state index < -0.39 is 0 Å². The van der Waals surface area contributed by atoms with Crippen LogP contribution in [0.3, 0.4) is 0 Å². The van der Waals surface area contributed by atoms with E-state index >= 15 is 0 Å². The molecule has 0 fully saturated rings. The Balaban J connectivity index is 2.28. The summed E-state index contributed by atoms with van der Waals surface area (Å²) in [6.07, 6.45) is 6.32. The molecule has 22 heavy (non-hydrogen) atoms. The number of allylic oxidation sites excluding steroid dienone is 1. The summed E-state index contributed by atoms with van der Waals surface area (Å²) >= 11 is 0. The van der Waals surface area contributed by atoms with Crippen molar-refractivity contribution in [1.29, 1.82) is 5.26 Å². The highest BCUT2D eigenvalue weighted by molar-refractivity contribution is 5.27. The first kappa shape index (κ1) is 16.3. The Morgan fingerprint density at radius 3 is 3.09 bits per heavy atom. The fraction of sp³-hybridized carbons (Fsp3) is 0.529. The van der Waals surface area contributed by atoms with E-state index in [1.165, 1.54) is 17.7 Å². The minimum atomic E-state index is 0.264. The predicted molar refractivity (Wildman–Crippen MR) is 87.7 cm³/mol. The van der Waals surface area contributed by atoms with Crippen LogP contribution < -0.4 is 11.1 Å². The number of hydrogen-bond acceptors (Lipinski definition) is 5. The number of nitriles is 1. The number of nitrogens with one attached hydrogen (secondary N) is 1. The molecule has 1 aromatic heterocycles. The number of aromatic nitrogens is 1. The van der Waals surface area contributed by atoms with Gasteiger partial charge in [0.15, 0.2) is 0 Å². The molecular weight excluding hydrogens is 274 g/mol. The van der Waals surface area contributed by atoms with Gasteiger partial charge in [-0.2, -0.15) is 5.26 Å². The topological polar surface area (TPSA) is 78.0 Å². The van der Waals surface area contributed by atoms with Gasteiger partial charge in [0.25, 0.3) is 0 Å². The molecule has 2 rings (SSSR count). The molecule has 0 saturated heterocycles. The molecular formula is C17H25N5. The van der Waals surface area contributed by atoms with Gasteiger partial charge in [-0.25, -0.2) is 0 Å². The van der Waals surface area contributed by atoms with E-state index in [4.69, 9.17) is 11.0 Å². The van der Waals surface area contributed by atoms with E-state index in [1.807, 2.05) is 25.4 Å². The summed E-state index contributed by atoms with van der Waals surface area (Å²) in [5, 5.41) is 12.1. The van der Waals surface area contributed by atoms with E-state index in [0.29, 0.717) is 12.6 Å². The number of aryl methyl sites for hydroxylation is 1. The highest BCUT2D eigenvalue weighted by Gasteiger charge is 2.27. The second kappa shape index (κ2) is 7.81. The molecule has 1 aliphatic rings. The van der Waals surface area contributed by atoms with Crippen LogP contribution in [-0.4, -0.2) is 30.0 Å². The van der Waals surface area contributed by atoms with E-state index in [1.54, 1.807) is 0 Å². The highest BCUT2D eigenvalue weighted by Crippen LogP contribution is 2.33. The lowest BCUT2D eigenvalue weighted by molar-refractivity contribution is 0.187. The molecule has 1 atom stereocenters. The van der Waals surface area contributed by atoms with Crippen molar-refractivity contribution >= 4 is 0 Å². The van der Waals surface area contributed by atoms with Crippen LogP contribution in [0, 0.1) is 11.3 Å². The number of likely N-dealkylation sites (N-methyl/N-ethyl adjacent to an activating group) is 1. The van der Waals surface area contributed by atoms with E-state index in [9.17, 15) is 0 Å². The molecule has 0 unspecified atom stereocenters. The monoisotopic (exact) mass is 299 g/mol. The third-order valence-electron chi connectivity index (χ3n) is 4.23. The molecule has 1 aliphatic carbocycles. The average molecular weight is 299 g/mol. The first-order valence-corrected chi connectivity index (χ1v) is 7.95. The first-order chi connectivity index (χ1) is 10.7. The van der Waals surface area contributed by atoms with Crippen LogP contribution in [0.4, 0.5) is 0 Å². The molecule has 118 valence electrons. The predicted octanol–water partition coefficient (Wildman–Crippen LogP) is 2.08. The number of nitrogens with two attached hydrogens (primary N) is 1. The maximum absolute atomic E-state index is 9.04. The lowest BCUT2D eigenvalue weighted by atomic mass is 9.90. The van der Waals surface area contributed by atoms with Gasteiger partial charge in [0, 0.05) is 19.8 Å². The van der Waals surface area contributed by atoms with Crippen molar-refractivity contribution in [2.45, 2.75) is 38.6 Å². The van der Waals surface area contributed by atoms with Crippen molar-refractivity contribution in [3.63, 3.8) is 0 Å². The number of rotatable bonds is 6. The van der Waals surface area contributed by atoms with Gasteiger partial charge in [-0.15, -0.1) is 0 Å². The largest absolute Gasteiger partial charge is 0.389 e. The number of fused-ring (bicyclic) bond motifs is 1. The van der Waals surface area contributed by atoms with Crippen LogP contribution in [0.25, 0.3) is 0 Å².